The van der Waals surface area contributed by atoms with Crippen LogP contribution in [-0.2, 0) is 15.9 Å². The summed E-state index contributed by atoms with van der Waals surface area (Å²) in [6.45, 7) is 7.52. The predicted octanol–water partition coefficient (Wildman–Crippen LogP) is 3.41. The molecule has 0 saturated carbocycles. The predicted molar refractivity (Wildman–Crippen MR) is 96.2 cm³/mol. The third-order valence-corrected chi connectivity index (χ3v) is 4.70. The second kappa shape index (κ2) is 6.67. The molecule has 0 spiro atoms. The van der Waals surface area contributed by atoms with Crippen molar-refractivity contribution in [1.29, 1.82) is 5.26 Å². The SMILES string of the molecule is CC1(C)OB(C(F)=Cc2cn(CC#N)nc2-c2ccccn2)OC1(C)C. The maximum atomic E-state index is 14.9. The van der Waals surface area contributed by atoms with Gasteiger partial charge in [0.2, 0.25) is 0 Å². The molecule has 8 heteroatoms. The summed E-state index contributed by atoms with van der Waals surface area (Å²) in [7, 11) is -1.09. The largest absolute Gasteiger partial charge is 0.525 e. The van der Waals surface area contributed by atoms with Gasteiger partial charge >= 0.3 is 7.12 Å². The highest BCUT2D eigenvalue weighted by Gasteiger charge is 2.53. The van der Waals surface area contributed by atoms with E-state index in [9.17, 15) is 4.39 Å². The van der Waals surface area contributed by atoms with Gasteiger partial charge in [-0.1, -0.05) is 6.07 Å². The molecule has 0 radical (unpaired) electrons. The van der Waals surface area contributed by atoms with E-state index in [1.54, 1.807) is 24.5 Å². The molecular formula is C18H20BFN4O2. The van der Waals surface area contributed by atoms with Gasteiger partial charge in [-0.25, -0.2) is 4.39 Å². The number of nitrogens with zero attached hydrogens (tertiary/aromatic N) is 4. The molecule has 6 nitrogen and oxygen atoms in total. The summed E-state index contributed by atoms with van der Waals surface area (Å²) in [5, 5.41) is 13.3. The van der Waals surface area contributed by atoms with E-state index in [0.717, 1.165) is 0 Å². The second-order valence-corrected chi connectivity index (χ2v) is 7.12. The minimum Gasteiger partial charge on any atom is -0.398 e. The summed E-state index contributed by atoms with van der Waals surface area (Å²) in [5.41, 5.74) is -0.219. The van der Waals surface area contributed by atoms with E-state index in [-0.39, 0.29) is 6.54 Å². The van der Waals surface area contributed by atoms with Crippen LogP contribution in [0.2, 0.25) is 0 Å². The van der Waals surface area contributed by atoms with Crippen LogP contribution in [0.4, 0.5) is 4.39 Å². The first-order valence-corrected chi connectivity index (χ1v) is 8.32. The summed E-state index contributed by atoms with van der Waals surface area (Å²) in [4.78, 5) is 4.26. The Morgan fingerprint density at radius 1 is 1.31 bits per heavy atom. The average Bonchev–Trinajstić information content (AvgIpc) is 3.06. The van der Waals surface area contributed by atoms with Gasteiger partial charge in [-0.2, -0.15) is 10.4 Å². The van der Waals surface area contributed by atoms with E-state index in [1.807, 2.05) is 39.8 Å². The van der Waals surface area contributed by atoms with E-state index < -0.39 is 24.0 Å². The molecule has 1 aliphatic heterocycles. The number of halogens is 1. The molecule has 3 rings (SSSR count). The lowest BCUT2D eigenvalue weighted by atomic mass is 9.87. The first-order valence-electron chi connectivity index (χ1n) is 8.32. The van der Waals surface area contributed by atoms with Crippen LogP contribution in [0.3, 0.4) is 0 Å². The number of hydrogen-bond donors (Lipinski definition) is 0. The first-order chi connectivity index (χ1) is 12.2. The monoisotopic (exact) mass is 354 g/mol. The smallest absolute Gasteiger partial charge is 0.398 e. The zero-order valence-electron chi connectivity index (χ0n) is 15.2. The molecule has 3 heterocycles. The lowest BCUT2D eigenvalue weighted by Gasteiger charge is -2.32. The number of nitriles is 1. The second-order valence-electron chi connectivity index (χ2n) is 7.12. The Kier molecular flexibility index (Phi) is 4.69. The minimum absolute atomic E-state index is 0.0613. The standard InChI is InChI=1S/C18H20BFN4O2/c1-17(2)18(3,4)26-19(25-17)15(20)11-13-12-24(10-8-21)23-16(13)14-7-5-6-9-22-14/h5-7,9,11-12H,10H2,1-4H3. The zero-order chi connectivity index (χ0) is 18.9. The normalized spacial score (nSPS) is 18.8. The van der Waals surface area contributed by atoms with E-state index in [0.29, 0.717) is 17.0 Å². The van der Waals surface area contributed by atoms with Gasteiger partial charge in [0, 0.05) is 18.0 Å². The quantitative estimate of drug-likeness (QED) is 0.787. The van der Waals surface area contributed by atoms with Gasteiger partial charge in [0.25, 0.3) is 0 Å². The molecule has 2 aromatic rings. The number of aromatic nitrogens is 3. The van der Waals surface area contributed by atoms with Crippen LogP contribution in [0.5, 0.6) is 0 Å². The summed E-state index contributed by atoms with van der Waals surface area (Å²) >= 11 is 0. The molecule has 0 unspecified atom stereocenters. The Balaban J connectivity index is 1.96. The van der Waals surface area contributed by atoms with Crippen molar-refractivity contribution < 1.29 is 13.7 Å². The maximum Gasteiger partial charge on any atom is 0.525 e. The Morgan fingerprint density at radius 2 is 2.00 bits per heavy atom. The van der Waals surface area contributed by atoms with Gasteiger partial charge in [-0.15, -0.1) is 0 Å². The third kappa shape index (κ3) is 3.41. The van der Waals surface area contributed by atoms with Gasteiger partial charge in [0.15, 0.2) is 0 Å². The molecule has 0 aromatic carbocycles. The van der Waals surface area contributed by atoms with E-state index in [4.69, 9.17) is 14.6 Å². The molecule has 0 atom stereocenters. The Morgan fingerprint density at radius 3 is 2.58 bits per heavy atom. The highest BCUT2D eigenvalue weighted by atomic mass is 19.1. The van der Waals surface area contributed by atoms with Crippen LogP contribution in [0.15, 0.2) is 36.3 Å². The molecule has 0 N–H and O–H groups in total. The van der Waals surface area contributed by atoms with Gasteiger partial charge in [-0.3, -0.25) is 9.67 Å². The van der Waals surface area contributed by atoms with Gasteiger partial charge in [0.1, 0.15) is 18.0 Å². The van der Waals surface area contributed by atoms with Crippen LogP contribution < -0.4 is 0 Å². The third-order valence-electron chi connectivity index (χ3n) is 4.70. The molecule has 1 fully saturated rings. The van der Waals surface area contributed by atoms with Gasteiger partial charge in [-0.05, 0) is 45.9 Å². The molecule has 0 aliphatic carbocycles. The number of pyridine rings is 1. The van der Waals surface area contributed by atoms with Crippen molar-refractivity contribution in [3.05, 3.63) is 41.9 Å². The highest BCUT2D eigenvalue weighted by Crippen LogP contribution is 2.39. The van der Waals surface area contributed by atoms with E-state index in [2.05, 4.69) is 10.1 Å². The molecule has 2 aromatic heterocycles. The van der Waals surface area contributed by atoms with Crippen molar-refractivity contribution in [2.24, 2.45) is 0 Å². The molecule has 26 heavy (non-hydrogen) atoms. The molecule has 0 amide bonds. The van der Waals surface area contributed by atoms with Crippen molar-refractivity contribution in [1.82, 2.24) is 14.8 Å². The molecule has 1 saturated heterocycles. The van der Waals surface area contributed by atoms with Crippen molar-refractivity contribution >= 4 is 13.2 Å². The van der Waals surface area contributed by atoms with Gasteiger partial charge in [0.05, 0.1) is 23.0 Å². The Hall–Kier alpha value is -2.50. The van der Waals surface area contributed by atoms with Crippen LogP contribution >= 0.6 is 0 Å². The lowest BCUT2D eigenvalue weighted by Crippen LogP contribution is -2.41. The first kappa shape index (κ1) is 18.3. The topological polar surface area (TPSA) is 73.0 Å². The van der Waals surface area contributed by atoms with Crippen LogP contribution in [0, 0.1) is 11.3 Å². The van der Waals surface area contributed by atoms with Crippen LogP contribution in [-0.4, -0.2) is 33.1 Å². The minimum atomic E-state index is -1.09. The van der Waals surface area contributed by atoms with E-state index in [1.165, 1.54) is 10.8 Å². The lowest BCUT2D eigenvalue weighted by molar-refractivity contribution is 0.00578. The Bertz CT molecular complexity index is 855. The zero-order valence-corrected chi connectivity index (χ0v) is 15.2. The average molecular weight is 354 g/mol. The van der Waals surface area contributed by atoms with E-state index >= 15 is 0 Å². The van der Waals surface area contributed by atoms with Crippen molar-refractivity contribution in [3.8, 4) is 17.5 Å². The summed E-state index contributed by atoms with van der Waals surface area (Å²) in [5.74, 6) is 0. The molecule has 0 bridgehead atoms. The number of hydrogen-bond acceptors (Lipinski definition) is 5. The highest BCUT2D eigenvalue weighted by molar-refractivity contribution is 6.54. The van der Waals surface area contributed by atoms with Gasteiger partial charge < -0.3 is 9.31 Å². The number of rotatable bonds is 4. The van der Waals surface area contributed by atoms with Crippen molar-refractivity contribution in [3.63, 3.8) is 0 Å². The maximum absolute atomic E-state index is 14.9. The summed E-state index contributed by atoms with van der Waals surface area (Å²) in [6, 6.07) is 7.41. The Labute approximate surface area is 152 Å². The summed E-state index contributed by atoms with van der Waals surface area (Å²) in [6.07, 6.45) is 4.57. The summed E-state index contributed by atoms with van der Waals surface area (Å²) < 4.78 is 27.8. The molecule has 134 valence electrons. The molecular weight excluding hydrogens is 334 g/mol. The van der Waals surface area contributed by atoms with Crippen LogP contribution in [0.1, 0.15) is 33.3 Å². The fourth-order valence-electron chi connectivity index (χ4n) is 2.57. The fraction of sp³-hybridized carbons (Fsp3) is 0.389. The molecule has 1 aliphatic rings. The van der Waals surface area contributed by atoms with Crippen LogP contribution in [0.25, 0.3) is 17.5 Å². The van der Waals surface area contributed by atoms with Crippen molar-refractivity contribution in [2.45, 2.75) is 45.4 Å². The fourth-order valence-corrected chi connectivity index (χ4v) is 2.57. The van der Waals surface area contributed by atoms with Crippen molar-refractivity contribution in [2.75, 3.05) is 0 Å².